The van der Waals surface area contributed by atoms with Crippen molar-refractivity contribution in [3.05, 3.63) is 22.2 Å². The number of nitrogens with zero attached hydrogens (tertiary/aromatic N) is 1. The molecule has 0 spiro atoms. The van der Waals surface area contributed by atoms with Crippen LogP contribution in [0.5, 0.6) is 11.5 Å². The lowest BCUT2D eigenvalue weighted by molar-refractivity contribution is -0.0265. The maximum atomic E-state index is 10.5. The third-order valence-corrected chi connectivity index (χ3v) is 5.46. The lowest BCUT2D eigenvalue weighted by Gasteiger charge is -2.42. The number of aliphatic hydroxyl groups is 1. The molecule has 1 N–H and O–H groups in total. The molecule has 1 saturated heterocycles. The zero-order chi connectivity index (χ0) is 17.2. The molecule has 23 heavy (non-hydrogen) atoms. The van der Waals surface area contributed by atoms with Gasteiger partial charge in [-0.25, -0.2) is 0 Å². The maximum absolute atomic E-state index is 10.5. The summed E-state index contributed by atoms with van der Waals surface area (Å²) in [6, 6.07) is 3.94. The Hall–Kier alpha value is -0.780. The van der Waals surface area contributed by atoms with Crippen LogP contribution in [0.1, 0.15) is 32.8 Å². The van der Waals surface area contributed by atoms with Crippen LogP contribution in [-0.2, 0) is 6.54 Å². The van der Waals surface area contributed by atoms with Crippen LogP contribution in [0.15, 0.2) is 16.6 Å². The van der Waals surface area contributed by atoms with Gasteiger partial charge in [0.1, 0.15) is 0 Å². The Bertz CT molecular complexity index is 542. The van der Waals surface area contributed by atoms with Crippen LogP contribution in [-0.4, -0.2) is 43.4 Å². The second-order valence-corrected chi connectivity index (χ2v) is 8.22. The van der Waals surface area contributed by atoms with Gasteiger partial charge >= 0.3 is 0 Å². The van der Waals surface area contributed by atoms with Gasteiger partial charge in [-0.15, -0.1) is 0 Å². The highest BCUT2D eigenvalue weighted by molar-refractivity contribution is 9.10. The number of halogens is 1. The number of piperidine rings is 1. The van der Waals surface area contributed by atoms with Crippen molar-refractivity contribution in [2.75, 3.05) is 27.3 Å². The Morgan fingerprint density at radius 2 is 1.83 bits per heavy atom. The van der Waals surface area contributed by atoms with Crippen LogP contribution in [0.3, 0.4) is 0 Å². The van der Waals surface area contributed by atoms with E-state index in [1.165, 1.54) is 0 Å². The van der Waals surface area contributed by atoms with E-state index < -0.39 is 0 Å². The van der Waals surface area contributed by atoms with E-state index in [0.717, 1.165) is 41.0 Å². The Balaban J connectivity index is 2.09. The molecule has 0 aliphatic carbocycles. The van der Waals surface area contributed by atoms with Gasteiger partial charge in [0.05, 0.1) is 20.3 Å². The molecule has 1 heterocycles. The summed E-state index contributed by atoms with van der Waals surface area (Å²) in [5.74, 6) is 1.80. The van der Waals surface area contributed by atoms with E-state index in [1.807, 2.05) is 12.1 Å². The molecule has 2 rings (SSSR count). The summed E-state index contributed by atoms with van der Waals surface area (Å²) in [5.41, 5.74) is 1.29. The van der Waals surface area contributed by atoms with E-state index in [9.17, 15) is 5.11 Å². The van der Waals surface area contributed by atoms with E-state index in [-0.39, 0.29) is 11.5 Å². The number of hydrogen-bond acceptors (Lipinski definition) is 4. The molecular formula is C18H28BrNO3. The van der Waals surface area contributed by atoms with Crippen molar-refractivity contribution in [2.24, 2.45) is 11.3 Å². The van der Waals surface area contributed by atoms with Gasteiger partial charge in [0.15, 0.2) is 11.5 Å². The van der Waals surface area contributed by atoms with E-state index in [2.05, 4.69) is 41.6 Å². The molecule has 1 aliphatic rings. The molecule has 4 nitrogen and oxygen atoms in total. The standard InChI is InChI=1S/C18H28BrNO3/c1-18(2,3)13-6-7-20(11-15(13)21)10-12-8-16(22-4)17(23-5)9-14(12)19/h8-9,13,15,21H,6-7,10-11H2,1-5H3/t13-,15+/m1/s1. The zero-order valence-corrected chi connectivity index (χ0v) is 16.3. The number of likely N-dealkylation sites (tertiary alicyclic amines) is 1. The van der Waals surface area contributed by atoms with Gasteiger partial charge in [0.25, 0.3) is 0 Å². The first-order chi connectivity index (χ1) is 10.8. The van der Waals surface area contributed by atoms with Crippen LogP contribution >= 0.6 is 15.9 Å². The highest BCUT2D eigenvalue weighted by Crippen LogP contribution is 2.37. The molecule has 0 bridgehead atoms. The minimum atomic E-state index is -0.275. The third-order valence-electron chi connectivity index (χ3n) is 4.72. The van der Waals surface area contributed by atoms with Gasteiger partial charge in [-0.05, 0) is 42.0 Å². The van der Waals surface area contributed by atoms with E-state index in [1.54, 1.807) is 14.2 Å². The number of ether oxygens (including phenoxy) is 2. The van der Waals surface area contributed by atoms with Crippen molar-refractivity contribution in [2.45, 2.75) is 39.8 Å². The number of benzene rings is 1. The van der Waals surface area contributed by atoms with Crippen molar-refractivity contribution < 1.29 is 14.6 Å². The number of methoxy groups -OCH3 is 2. The summed E-state index contributed by atoms with van der Waals surface area (Å²) in [6.07, 6.45) is 0.748. The second kappa shape index (κ2) is 7.41. The molecule has 1 aliphatic heterocycles. The molecule has 0 amide bonds. The summed E-state index contributed by atoms with van der Waals surface area (Å²) < 4.78 is 11.7. The van der Waals surface area contributed by atoms with E-state index >= 15 is 0 Å². The normalized spacial score (nSPS) is 22.9. The zero-order valence-electron chi connectivity index (χ0n) is 14.7. The fraction of sp³-hybridized carbons (Fsp3) is 0.667. The van der Waals surface area contributed by atoms with Crippen molar-refractivity contribution in [3.8, 4) is 11.5 Å². The fourth-order valence-electron chi connectivity index (χ4n) is 3.41. The average molecular weight is 386 g/mol. The molecule has 130 valence electrons. The molecule has 0 aromatic heterocycles. The summed E-state index contributed by atoms with van der Waals surface area (Å²) in [7, 11) is 3.28. The Morgan fingerprint density at radius 3 is 2.35 bits per heavy atom. The lowest BCUT2D eigenvalue weighted by atomic mass is 9.73. The first-order valence-corrected chi connectivity index (χ1v) is 8.86. The number of aliphatic hydroxyl groups excluding tert-OH is 1. The number of rotatable bonds is 4. The smallest absolute Gasteiger partial charge is 0.161 e. The molecule has 0 saturated carbocycles. The van der Waals surface area contributed by atoms with Crippen LogP contribution in [0, 0.1) is 11.3 Å². The molecule has 0 unspecified atom stereocenters. The summed E-state index contributed by atoms with van der Waals surface area (Å²) in [6.45, 7) is 9.13. The second-order valence-electron chi connectivity index (χ2n) is 7.36. The molecule has 1 aromatic rings. The maximum Gasteiger partial charge on any atom is 0.161 e. The van der Waals surface area contributed by atoms with Crippen LogP contribution in [0.25, 0.3) is 0 Å². The monoisotopic (exact) mass is 385 g/mol. The molecular weight excluding hydrogens is 358 g/mol. The van der Waals surface area contributed by atoms with Crippen molar-refractivity contribution >= 4 is 15.9 Å². The number of hydrogen-bond donors (Lipinski definition) is 1. The molecule has 5 heteroatoms. The summed E-state index contributed by atoms with van der Waals surface area (Å²) >= 11 is 3.61. The number of β-amino-alcohol motifs (C(OH)–C–C–N with tert-alkyl or cyclic N) is 1. The minimum absolute atomic E-state index is 0.148. The Labute approximate surface area is 147 Å². The fourth-order valence-corrected chi connectivity index (χ4v) is 3.86. The highest BCUT2D eigenvalue weighted by Gasteiger charge is 2.35. The van der Waals surface area contributed by atoms with E-state index in [4.69, 9.17) is 9.47 Å². The van der Waals surface area contributed by atoms with Gasteiger partial charge in [-0.3, -0.25) is 4.90 Å². The Morgan fingerprint density at radius 1 is 1.22 bits per heavy atom. The van der Waals surface area contributed by atoms with Gasteiger partial charge in [0.2, 0.25) is 0 Å². The highest BCUT2D eigenvalue weighted by atomic mass is 79.9. The first kappa shape index (κ1) is 18.6. The predicted octanol–water partition coefficient (Wildman–Crippen LogP) is 3.70. The quantitative estimate of drug-likeness (QED) is 0.857. The summed E-state index contributed by atoms with van der Waals surface area (Å²) in [4.78, 5) is 2.30. The SMILES string of the molecule is COc1cc(Br)c(CN2CC[C@@H](C(C)(C)C)[C@@H](O)C2)cc1OC. The van der Waals surface area contributed by atoms with Crippen LogP contribution in [0.2, 0.25) is 0 Å². The van der Waals surface area contributed by atoms with Crippen LogP contribution < -0.4 is 9.47 Å². The molecule has 0 radical (unpaired) electrons. The topological polar surface area (TPSA) is 41.9 Å². The van der Waals surface area contributed by atoms with Crippen LogP contribution in [0.4, 0.5) is 0 Å². The van der Waals surface area contributed by atoms with Gasteiger partial charge in [-0.1, -0.05) is 36.7 Å². The van der Waals surface area contributed by atoms with Gasteiger partial charge < -0.3 is 14.6 Å². The predicted molar refractivity (Wildman–Crippen MR) is 96.1 cm³/mol. The minimum Gasteiger partial charge on any atom is -0.493 e. The van der Waals surface area contributed by atoms with Gasteiger partial charge in [0, 0.05) is 17.6 Å². The largest absolute Gasteiger partial charge is 0.493 e. The summed E-state index contributed by atoms with van der Waals surface area (Å²) in [5, 5.41) is 10.5. The van der Waals surface area contributed by atoms with Gasteiger partial charge in [-0.2, -0.15) is 0 Å². The lowest BCUT2D eigenvalue weighted by Crippen LogP contribution is -2.47. The van der Waals surface area contributed by atoms with Crippen molar-refractivity contribution in [1.82, 2.24) is 4.90 Å². The molecule has 1 aromatic carbocycles. The first-order valence-electron chi connectivity index (χ1n) is 8.07. The molecule has 1 fully saturated rings. The Kier molecular flexibility index (Phi) is 5.98. The molecule has 2 atom stereocenters. The van der Waals surface area contributed by atoms with E-state index in [0.29, 0.717) is 12.5 Å². The third kappa shape index (κ3) is 4.40. The van der Waals surface area contributed by atoms with Crippen molar-refractivity contribution in [1.29, 1.82) is 0 Å². The average Bonchev–Trinajstić information content (AvgIpc) is 2.47. The van der Waals surface area contributed by atoms with Crippen molar-refractivity contribution in [3.63, 3.8) is 0 Å².